The lowest BCUT2D eigenvalue weighted by molar-refractivity contribution is -0.140. The summed E-state index contributed by atoms with van der Waals surface area (Å²) in [7, 11) is 1.56. The molecule has 0 radical (unpaired) electrons. The van der Waals surface area contributed by atoms with Crippen molar-refractivity contribution in [2.75, 3.05) is 13.7 Å². The van der Waals surface area contributed by atoms with Gasteiger partial charge in [0.25, 0.3) is 11.7 Å². The molecule has 0 spiro atoms. The predicted molar refractivity (Wildman–Crippen MR) is 153 cm³/mol. The molecule has 5 rings (SSSR count). The van der Waals surface area contributed by atoms with Gasteiger partial charge in [0.05, 0.1) is 25.3 Å². The summed E-state index contributed by atoms with van der Waals surface area (Å²) in [6.07, 6.45) is 3.85. The van der Waals surface area contributed by atoms with Crippen molar-refractivity contribution in [2.24, 2.45) is 0 Å². The van der Waals surface area contributed by atoms with Crippen LogP contribution < -0.4 is 14.2 Å². The van der Waals surface area contributed by atoms with E-state index in [1.54, 1.807) is 31.4 Å². The fourth-order valence-electron chi connectivity index (χ4n) is 5.40. The number of rotatable bonds is 10. The van der Waals surface area contributed by atoms with Gasteiger partial charge in [-0.2, -0.15) is 0 Å². The lowest BCUT2D eigenvalue weighted by Gasteiger charge is -2.26. The van der Waals surface area contributed by atoms with Crippen molar-refractivity contribution >= 4 is 17.4 Å². The molecule has 1 N–H and O–H groups in total. The van der Waals surface area contributed by atoms with Gasteiger partial charge in [-0.15, -0.1) is 0 Å². The summed E-state index contributed by atoms with van der Waals surface area (Å²) in [6, 6.07) is 19.5. The number of aliphatic hydroxyl groups is 1. The van der Waals surface area contributed by atoms with Gasteiger partial charge in [-0.3, -0.25) is 9.59 Å². The highest BCUT2D eigenvalue weighted by Gasteiger charge is 2.46. The third-order valence-electron chi connectivity index (χ3n) is 7.41. The van der Waals surface area contributed by atoms with E-state index in [1.165, 1.54) is 4.90 Å². The fourth-order valence-corrected chi connectivity index (χ4v) is 5.40. The molecule has 1 fully saturated rings. The van der Waals surface area contributed by atoms with Crippen LogP contribution in [0.3, 0.4) is 0 Å². The molecule has 0 unspecified atom stereocenters. The van der Waals surface area contributed by atoms with Gasteiger partial charge in [0.2, 0.25) is 0 Å². The SMILES string of the molecule is CCCCCOc1ccc([C@H]2C(=C(O)c3ccc4c(c3)C[C@H](C)O4)C(=O)C(=O)N2Cc2ccccc2)cc1OC. The monoisotopic (exact) mass is 541 g/mol. The Labute approximate surface area is 235 Å². The Morgan fingerprint density at radius 1 is 1.02 bits per heavy atom. The molecule has 2 aliphatic heterocycles. The Morgan fingerprint density at radius 3 is 2.58 bits per heavy atom. The minimum atomic E-state index is -0.813. The number of methoxy groups -OCH3 is 1. The average molecular weight is 542 g/mol. The number of likely N-dealkylation sites (tertiary alicyclic amines) is 1. The van der Waals surface area contributed by atoms with Gasteiger partial charge >= 0.3 is 0 Å². The number of Topliss-reactive ketones (excluding diaryl/α,β-unsaturated/α-hetero) is 1. The van der Waals surface area contributed by atoms with Crippen LogP contribution in [0.2, 0.25) is 0 Å². The third kappa shape index (κ3) is 5.41. The van der Waals surface area contributed by atoms with E-state index < -0.39 is 17.7 Å². The van der Waals surface area contributed by atoms with Gasteiger partial charge in [0.15, 0.2) is 11.5 Å². The first-order chi connectivity index (χ1) is 19.4. The van der Waals surface area contributed by atoms with Crippen molar-refractivity contribution in [1.29, 1.82) is 0 Å². The fraction of sp³-hybridized carbons (Fsp3) is 0.333. The van der Waals surface area contributed by atoms with E-state index in [0.29, 0.717) is 35.7 Å². The van der Waals surface area contributed by atoms with E-state index in [9.17, 15) is 14.7 Å². The van der Waals surface area contributed by atoms with Crippen molar-refractivity contribution in [3.63, 3.8) is 0 Å². The molecule has 0 aliphatic carbocycles. The van der Waals surface area contributed by atoms with Crippen LogP contribution in [-0.2, 0) is 22.6 Å². The smallest absolute Gasteiger partial charge is 0.295 e. The van der Waals surface area contributed by atoms with E-state index in [2.05, 4.69) is 6.92 Å². The van der Waals surface area contributed by atoms with E-state index >= 15 is 0 Å². The zero-order valence-corrected chi connectivity index (χ0v) is 23.2. The molecule has 1 saturated heterocycles. The first-order valence-electron chi connectivity index (χ1n) is 13.8. The summed E-state index contributed by atoms with van der Waals surface area (Å²) in [5, 5.41) is 11.6. The summed E-state index contributed by atoms with van der Waals surface area (Å²) in [4.78, 5) is 28.5. The van der Waals surface area contributed by atoms with Gasteiger partial charge in [0, 0.05) is 18.5 Å². The normalized spacial score (nSPS) is 19.4. The lowest BCUT2D eigenvalue weighted by Crippen LogP contribution is -2.29. The number of carbonyl (C=O) groups excluding carboxylic acids is 2. The molecule has 0 aromatic heterocycles. The van der Waals surface area contributed by atoms with Gasteiger partial charge in [-0.05, 0) is 60.4 Å². The zero-order chi connectivity index (χ0) is 28.2. The molecule has 0 saturated carbocycles. The van der Waals surface area contributed by atoms with Crippen molar-refractivity contribution in [2.45, 2.75) is 58.2 Å². The number of nitrogens with zero attached hydrogens (tertiary/aromatic N) is 1. The number of aliphatic hydroxyl groups excluding tert-OH is 1. The highest BCUT2D eigenvalue weighted by atomic mass is 16.5. The molecular weight excluding hydrogens is 506 g/mol. The van der Waals surface area contributed by atoms with Crippen LogP contribution >= 0.6 is 0 Å². The minimum Gasteiger partial charge on any atom is -0.507 e. The number of hydrogen-bond acceptors (Lipinski definition) is 6. The van der Waals surface area contributed by atoms with Crippen molar-refractivity contribution in [3.8, 4) is 17.2 Å². The maximum atomic E-state index is 13.5. The Hall–Kier alpha value is -4.26. The number of benzene rings is 3. The van der Waals surface area contributed by atoms with Gasteiger partial charge < -0.3 is 24.2 Å². The molecule has 2 heterocycles. The first kappa shape index (κ1) is 27.3. The quantitative estimate of drug-likeness (QED) is 0.142. The van der Waals surface area contributed by atoms with Gasteiger partial charge in [-0.1, -0.05) is 56.2 Å². The van der Waals surface area contributed by atoms with Crippen LogP contribution in [0.4, 0.5) is 0 Å². The summed E-state index contributed by atoms with van der Waals surface area (Å²) >= 11 is 0. The highest BCUT2D eigenvalue weighted by molar-refractivity contribution is 6.46. The topological polar surface area (TPSA) is 85.3 Å². The van der Waals surface area contributed by atoms with Crippen LogP contribution in [0.15, 0.2) is 72.3 Å². The second-order valence-electron chi connectivity index (χ2n) is 10.3. The molecular formula is C33H35NO6. The summed E-state index contributed by atoms with van der Waals surface area (Å²) in [5.41, 5.74) is 3.00. The van der Waals surface area contributed by atoms with E-state index in [4.69, 9.17) is 14.2 Å². The van der Waals surface area contributed by atoms with Crippen molar-refractivity contribution in [3.05, 3.63) is 94.6 Å². The molecule has 2 atom stereocenters. The van der Waals surface area contributed by atoms with Crippen molar-refractivity contribution < 1.29 is 28.9 Å². The number of fused-ring (bicyclic) bond motifs is 1. The molecule has 208 valence electrons. The maximum absolute atomic E-state index is 13.5. The largest absolute Gasteiger partial charge is 0.507 e. The zero-order valence-electron chi connectivity index (χ0n) is 23.2. The lowest BCUT2D eigenvalue weighted by atomic mass is 9.94. The molecule has 7 heteroatoms. The van der Waals surface area contributed by atoms with Gasteiger partial charge in [-0.25, -0.2) is 0 Å². The van der Waals surface area contributed by atoms with Crippen LogP contribution in [0.1, 0.15) is 61.4 Å². The molecule has 2 aliphatic rings. The number of carbonyl (C=O) groups is 2. The van der Waals surface area contributed by atoms with E-state index in [-0.39, 0.29) is 24.0 Å². The Bertz CT molecular complexity index is 1430. The standard InChI is InChI=1S/C33H35NO6/c1-4-5-9-16-39-27-15-12-23(19-28(27)38-3)30-29(31(35)24-13-14-26-25(18-24)17-21(2)40-26)32(36)33(37)34(30)20-22-10-7-6-8-11-22/h6-8,10-15,18-19,21,30,35H,4-5,9,16-17,20H2,1-3H3/t21-,30-/m0/s1. The van der Waals surface area contributed by atoms with Crippen molar-refractivity contribution in [1.82, 2.24) is 4.90 Å². The Morgan fingerprint density at radius 2 is 1.82 bits per heavy atom. The molecule has 0 bridgehead atoms. The highest BCUT2D eigenvalue weighted by Crippen LogP contribution is 2.43. The van der Waals surface area contributed by atoms with E-state index in [1.807, 2.05) is 49.4 Å². The summed E-state index contributed by atoms with van der Waals surface area (Å²) < 4.78 is 17.4. The molecule has 3 aromatic rings. The molecule has 40 heavy (non-hydrogen) atoms. The molecule has 7 nitrogen and oxygen atoms in total. The van der Waals surface area contributed by atoms with Crippen LogP contribution in [0.5, 0.6) is 17.2 Å². The van der Waals surface area contributed by atoms with Crippen LogP contribution in [-0.4, -0.2) is 41.5 Å². The average Bonchev–Trinajstić information content (AvgIpc) is 3.46. The number of ether oxygens (including phenoxy) is 3. The first-order valence-corrected chi connectivity index (χ1v) is 13.8. The Kier molecular flexibility index (Phi) is 8.10. The summed E-state index contributed by atoms with van der Waals surface area (Å²) in [6.45, 7) is 4.90. The van der Waals surface area contributed by atoms with Crippen LogP contribution in [0, 0.1) is 0 Å². The second kappa shape index (κ2) is 11.9. The maximum Gasteiger partial charge on any atom is 0.295 e. The Balaban J connectivity index is 1.58. The van der Waals surface area contributed by atoms with E-state index in [0.717, 1.165) is 36.1 Å². The predicted octanol–water partition coefficient (Wildman–Crippen LogP) is 6.21. The number of ketones is 1. The van der Waals surface area contributed by atoms with Gasteiger partial charge in [0.1, 0.15) is 17.6 Å². The second-order valence-corrected chi connectivity index (χ2v) is 10.3. The third-order valence-corrected chi connectivity index (χ3v) is 7.41. The number of amides is 1. The summed E-state index contributed by atoms with van der Waals surface area (Å²) in [5.74, 6) is 0.275. The number of hydrogen-bond donors (Lipinski definition) is 1. The molecule has 3 aromatic carbocycles. The van der Waals surface area contributed by atoms with Crippen LogP contribution in [0.25, 0.3) is 5.76 Å². The number of unbranched alkanes of at least 4 members (excludes halogenated alkanes) is 2. The molecule has 1 amide bonds. The minimum absolute atomic E-state index is 0.0408.